The van der Waals surface area contributed by atoms with Crippen molar-refractivity contribution >= 4 is 5.97 Å². The largest absolute Gasteiger partial charge is 1.00 e. The van der Waals surface area contributed by atoms with Gasteiger partial charge in [0.2, 0.25) is 0 Å². The molecule has 6 aliphatic rings. The molecule has 6 nitrogen and oxygen atoms in total. The molecule has 4 saturated carbocycles. The fourth-order valence-electron chi connectivity index (χ4n) is 11.4. The molecule has 0 radical (unpaired) electrons. The van der Waals surface area contributed by atoms with E-state index in [1.54, 1.807) is 6.92 Å². The van der Waals surface area contributed by atoms with Gasteiger partial charge in [-0.25, -0.2) is 0 Å². The fraction of sp³-hybridized carbons (Fsp3) is 0.969. The molecule has 2 saturated heterocycles. The number of likely N-dealkylation sites (tertiary alicyclic amines) is 2. The molecule has 10 atom stereocenters. The van der Waals surface area contributed by atoms with Crippen LogP contribution in [-0.2, 0) is 9.53 Å². The van der Waals surface area contributed by atoms with Crippen LogP contribution in [0.5, 0.6) is 0 Å². The van der Waals surface area contributed by atoms with Crippen LogP contribution < -0.4 is 17.0 Å². The van der Waals surface area contributed by atoms with Crippen molar-refractivity contribution in [1.82, 2.24) is 4.90 Å². The molecular weight excluding hydrogens is 556 g/mol. The number of hydrogen-bond acceptors (Lipinski definition) is 5. The number of esters is 1. The summed E-state index contributed by atoms with van der Waals surface area (Å²) in [7, 11) is 2.46. The fourth-order valence-corrected chi connectivity index (χ4v) is 11.4. The van der Waals surface area contributed by atoms with Gasteiger partial charge in [0.1, 0.15) is 6.04 Å². The number of aliphatic hydroxyl groups excluding tert-OH is 2. The maximum atomic E-state index is 12.4. The average molecular weight is 612 g/mol. The van der Waals surface area contributed by atoms with Crippen LogP contribution >= 0.6 is 0 Å². The van der Waals surface area contributed by atoms with E-state index in [-0.39, 0.29) is 58.1 Å². The first-order valence-corrected chi connectivity index (χ1v) is 16.2. The minimum atomic E-state index is -0.235. The number of halogens is 1. The smallest absolute Gasteiger partial charge is 0.303 e. The Morgan fingerprint density at radius 3 is 2.28 bits per heavy atom. The molecule has 0 aromatic rings. The molecule has 0 amide bonds. The number of aliphatic hydroxyl groups is 2. The van der Waals surface area contributed by atoms with Crippen LogP contribution in [0.1, 0.15) is 97.8 Å². The second-order valence-electron chi connectivity index (χ2n) is 15.4. The minimum absolute atomic E-state index is 0. The van der Waals surface area contributed by atoms with Crippen LogP contribution in [0.15, 0.2) is 0 Å². The Hall–Kier alpha value is -0.210. The summed E-state index contributed by atoms with van der Waals surface area (Å²) < 4.78 is 7.42. The Morgan fingerprint density at radius 1 is 0.923 bits per heavy atom. The van der Waals surface area contributed by atoms with E-state index in [0.717, 1.165) is 43.3 Å². The molecule has 224 valence electrons. The number of quaternary nitrogens is 1. The third kappa shape index (κ3) is 5.06. The molecule has 2 N–H and O–H groups in total. The highest BCUT2D eigenvalue weighted by Crippen LogP contribution is 2.67. The molecule has 2 heterocycles. The van der Waals surface area contributed by atoms with Crippen LogP contribution in [0.3, 0.4) is 0 Å². The highest BCUT2D eigenvalue weighted by Gasteiger charge is 2.67. The number of hydrogen-bond donors (Lipinski definition) is 2. The molecule has 5 unspecified atom stereocenters. The maximum absolute atomic E-state index is 12.4. The third-order valence-corrected chi connectivity index (χ3v) is 13.5. The zero-order chi connectivity index (χ0) is 26.9. The zero-order valence-corrected chi connectivity index (χ0v) is 26.6. The maximum Gasteiger partial charge on any atom is 0.303 e. The van der Waals surface area contributed by atoms with E-state index >= 15 is 0 Å². The topological polar surface area (TPSA) is 70.0 Å². The number of likely N-dealkylation sites (N-methyl/N-ethyl adjacent to an activating group) is 1. The summed E-state index contributed by atoms with van der Waals surface area (Å²) in [5.74, 6) is 2.55. The molecule has 6 fully saturated rings. The molecule has 0 aromatic heterocycles. The van der Waals surface area contributed by atoms with Crippen molar-refractivity contribution < 1.29 is 41.2 Å². The lowest BCUT2D eigenvalue weighted by Gasteiger charge is -2.62. The molecule has 2 aliphatic heterocycles. The lowest BCUT2D eigenvalue weighted by atomic mass is 9.44. The van der Waals surface area contributed by atoms with Crippen LogP contribution in [0, 0.1) is 34.5 Å². The Morgan fingerprint density at radius 2 is 1.62 bits per heavy atom. The molecule has 0 bridgehead atoms. The minimum Gasteiger partial charge on any atom is -1.00 e. The molecule has 0 spiro atoms. The van der Waals surface area contributed by atoms with Crippen LogP contribution in [-0.4, -0.2) is 89.2 Å². The van der Waals surface area contributed by atoms with Crippen LogP contribution in [0.4, 0.5) is 0 Å². The number of carbonyl (C=O) groups is 1. The van der Waals surface area contributed by atoms with Crippen LogP contribution in [0.2, 0.25) is 0 Å². The van der Waals surface area contributed by atoms with Gasteiger partial charge in [-0.3, -0.25) is 9.69 Å². The molecule has 39 heavy (non-hydrogen) atoms. The Kier molecular flexibility index (Phi) is 8.63. The third-order valence-electron chi connectivity index (χ3n) is 13.5. The number of ether oxygens (including phenoxy) is 1. The summed E-state index contributed by atoms with van der Waals surface area (Å²) in [5, 5.41) is 21.4. The van der Waals surface area contributed by atoms with E-state index in [2.05, 4.69) is 25.8 Å². The Balaban J connectivity index is 0.00000308. The highest BCUT2D eigenvalue weighted by atomic mass is 79.9. The van der Waals surface area contributed by atoms with Gasteiger partial charge in [0.05, 0.1) is 32.3 Å². The van der Waals surface area contributed by atoms with Gasteiger partial charge in [0, 0.05) is 37.9 Å². The van der Waals surface area contributed by atoms with Crippen molar-refractivity contribution in [3.63, 3.8) is 0 Å². The van der Waals surface area contributed by atoms with Crippen molar-refractivity contribution in [1.29, 1.82) is 0 Å². The van der Waals surface area contributed by atoms with E-state index in [1.807, 2.05) is 0 Å². The first kappa shape index (κ1) is 30.3. The first-order chi connectivity index (χ1) is 18.0. The quantitative estimate of drug-likeness (QED) is 0.373. The normalized spacial score (nSPS) is 48.3. The molecule has 6 rings (SSSR count). The molecule has 0 aromatic carbocycles. The van der Waals surface area contributed by atoms with Gasteiger partial charge >= 0.3 is 5.97 Å². The van der Waals surface area contributed by atoms with Gasteiger partial charge in [-0.15, -0.1) is 0 Å². The van der Waals surface area contributed by atoms with Gasteiger partial charge in [-0.1, -0.05) is 13.8 Å². The molecule has 7 heteroatoms. The Labute approximate surface area is 247 Å². The predicted octanol–water partition coefficient (Wildman–Crippen LogP) is 1.37. The average Bonchev–Trinajstić information content (AvgIpc) is 3.18. The first-order valence-electron chi connectivity index (χ1n) is 16.2. The van der Waals surface area contributed by atoms with Gasteiger partial charge in [0.15, 0.2) is 6.10 Å². The summed E-state index contributed by atoms with van der Waals surface area (Å²) in [6, 6.07) is 0.665. The van der Waals surface area contributed by atoms with Gasteiger partial charge in [0.25, 0.3) is 0 Å². The number of fused-ring (bicyclic) bond motifs is 5. The van der Waals surface area contributed by atoms with E-state index in [0.29, 0.717) is 29.7 Å². The summed E-state index contributed by atoms with van der Waals surface area (Å²) >= 11 is 0. The highest BCUT2D eigenvalue weighted by molar-refractivity contribution is 5.66. The summed E-state index contributed by atoms with van der Waals surface area (Å²) in [4.78, 5) is 14.9. The monoisotopic (exact) mass is 610 g/mol. The SMILES string of the molecule is CC(=O)OC1C([N+]2(C)CCCCC2)C[C@H]2[C@@H]3CCC4CC(O)C(N5CCC(O)CC5)C[C@]4(C)[C@@H]3CC[C@]12C.[Br-]. The van der Waals surface area contributed by atoms with Crippen LogP contribution in [0.25, 0.3) is 0 Å². The van der Waals surface area contributed by atoms with E-state index in [4.69, 9.17) is 4.74 Å². The van der Waals surface area contributed by atoms with Crippen molar-refractivity contribution in [2.45, 2.75) is 128 Å². The van der Waals surface area contributed by atoms with Crippen molar-refractivity contribution in [2.24, 2.45) is 34.5 Å². The summed E-state index contributed by atoms with van der Waals surface area (Å²) in [5.41, 5.74) is 0.346. The number of nitrogens with zero attached hydrogens (tertiary/aromatic N) is 2. The van der Waals surface area contributed by atoms with Crippen molar-refractivity contribution in [3.8, 4) is 0 Å². The van der Waals surface area contributed by atoms with Crippen molar-refractivity contribution in [3.05, 3.63) is 0 Å². The second kappa shape index (κ2) is 11.1. The summed E-state index contributed by atoms with van der Waals surface area (Å²) in [6.45, 7) is 11.0. The van der Waals surface area contributed by atoms with Gasteiger partial charge in [-0.05, 0) is 99.7 Å². The number of piperidine rings is 2. The lowest BCUT2D eigenvalue weighted by molar-refractivity contribution is -0.940. The van der Waals surface area contributed by atoms with Gasteiger partial charge in [-0.2, -0.15) is 0 Å². The predicted molar refractivity (Wildman–Crippen MR) is 148 cm³/mol. The Bertz CT molecular complexity index is 889. The van der Waals surface area contributed by atoms with E-state index in [1.165, 1.54) is 64.5 Å². The van der Waals surface area contributed by atoms with E-state index < -0.39 is 0 Å². The second-order valence-corrected chi connectivity index (χ2v) is 15.4. The zero-order valence-electron chi connectivity index (χ0n) is 25.0. The number of carbonyl (C=O) groups excluding carboxylic acids is 1. The van der Waals surface area contributed by atoms with E-state index in [9.17, 15) is 15.0 Å². The molecule has 4 aliphatic carbocycles. The van der Waals surface area contributed by atoms with Gasteiger partial charge < -0.3 is 36.4 Å². The lowest BCUT2D eigenvalue weighted by Crippen LogP contribution is -3.00. The van der Waals surface area contributed by atoms with Crippen molar-refractivity contribution in [2.75, 3.05) is 33.2 Å². The standard InChI is InChI=1S/C32H55N2O4.BrH/c1-21(35)38-30-28(34(4)16-6-5-7-17-34)19-26-24-9-8-22-18-29(37)27(33-14-11-23(36)12-15-33)20-32(22,3)25(24)10-13-31(26,30)2;/h22-30,36-37H,5-20H2,1-4H3;1H/q+1;/p-1/t22?,24-,25-,26+,27?,28?,29?,30?,31+,32+;/m1./s1. The number of rotatable bonds is 3. The molecular formula is C32H55BrN2O4. The summed E-state index contributed by atoms with van der Waals surface area (Å²) in [6.07, 6.45) is 13.4.